The van der Waals surface area contributed by atoms with Crippen molar-refractivity contribution in [3.63, 3.8) is 0 Å². The molecule has 3 heteroatoms. The normalized spacial score (nSPS) is 10.8. The molecule has 0 spiro atoms. The number of amides is 1. The van der Waals surface area contributed by atoms with Crippen LogP contribution in [0.25, 0.3) is 6.08 Å². The van der Waals surface area contributed by atoms with Crippen LogP contribution in [0.3, 0.4) is 0 Å². The monoisotopic (exact) mass is 299 g/mol. The SMILES string of the molecule is CCc1cccc(C)c1NC(=O)/C=C/c1ccc(Cl)cc1. The van der Waals surface area contributed by atoms with Crippen molar-refractivity contribution in [2.75, 3.05) is 5.32 Å². The standard InChI is InChI=1S/C18H18ClNO/c1-3-15-6-4-5-13(2)18(15)20-17(21)12-9-14-7-10-16(19)11-8-14/h4-12H,3H2,1-2H3,(H,20,21)/b12-9+. The zero-order valence-corrected chi connectivity index (χ0v) is 12.9. The third-order valence-electron chi connectivity index (χ3n) is 3.29. The van der Waals surface area contributed by atoms with Gasteiger partial charge < -0.3 is 5.32 Å². The Bertz CT molecular complexity index is 659. The molecule has 1 N–H and O–H groups in total. The average Bonchev–Trinajstić information content (AvgIpc) is 2.49. The van der Waals surface area contributed by atoms with Crippen molar-refractivity contribution in [3.8, 4) is 0 Å². The van der Waals surface area contributed by atoms with Crippen molar-refractivity contribution in [1.29, 1.82) is 0 Å². The second-order valence-corrected chi connectivity index (χ2v) is 5.27. The van der Waals surface area contributed by atoms with Gasteiger partial charge in [0.25, 0.3) is 0 Å². The molecule has 0 bridgehead atoms. The van der Waals surface area contributed by atoms with Gasteiger partial charge in [-0.3, -0.25) is 4.79 Å². The van der Waals surface area contributed by atoms with E-state index in [1.807, 2.05) is 37.3 Å². The van der Waals surface area contributed by atoms with Crippen LogP contribution in [0.5, 0.6) is 0 Å². The summed E-state index contributed by atoms with van der Waals surface area (Å²) in [5.41, 5.74) is 4.06. The molecular weight excluding hydrogens is 282 g/mol. The van der Waals surface area contributed by atoms with Crippen molar-refractivity contribution in [2.45, 2.75) is 20.3 Å². The molecule has 0 aliphatic carbocycles. The van der Waals surface area contributed by atoms with E-state index in [4.69, 9.17) is 11.6 Å². The average molecular weight is 300 g/mol. The van der Waals surface area contributed by atoms with Crippen LogP contribution in [0, 0.1) is 6.92 Å². The van der Waals surface area contributed by atoms with Gasteiger partial charge >= 0.3 is 0 Å². The second kappa shape index (κ2) is 7.09. The third kappa shape index (κ3) is 4.20. The van der Waals surface area contributed by atoms with Gasteiger partial charge in [-0.2, -0.15) is 0 Å². The fourth-order valence-corrected chi connectivity index (χ4v) is 2.24. The molecule has 0 saturated heterocycles. The number of hydrogen-bond acceptors (Lipinski definition) is 1. The molecule has 0 atom stereocenters. The lowest BCUT2D eigenvalue weighted by atomic mass is 10.1. The van der Waals surface area contributed by atoms with Crippen LogP contribution in [0.4, 0.5) is 5.69 Å². The number of aryl methyl sites for hydroxylation is 2. The fourth-order valence-electron chi connectivity index (χ4n) is 2.11. The number of benzene rings is 2. The summed E-state index contributed by atoms with van der Waals surface area (Å²) in [4.78, 5) is 12.0. The first-order valence-electron chi connectivity index (χ1n) is 6.93. The molecule has 0 saturated carbocycles. The van der Waals surface area contributed by atoms with Crippen molar-refractivity contribution in [3.05, 3.63) is 70.3 Å². The van der Waals surface area contributed by atoms with Gasteiger partial charge in [0, 0.05) is 16.8 Å². The maximum Gasteiger partial charge on any atom is 0.248 e. The number of carbonyl (C=O) groups excluding carboxylic acids is 1. The molecule has 0 aliphatic heterocycles. The van der Waals surface area contributed by atoms with E-state index in [1.165, 1.54) is 6.08 Å². The molecule has 2 rings (SSSR count). The summed E-state index contributed by atoms with van der Waals surface area (Å²) in [5, 5.41) is 3.64. The summed E-state index contributed by atoms with van der Waals surface area (Å²) in [6, 6.07) is 13.4. The fraction of sp³-hybridized carbons (Fsp3) is 0.167. The predicted octanol–water partition coefficient (Wildman–Crippen LogP) is 4.86. The largest absolute Gasteiger partial charge is 0.322 e. The first-order chi connectivity index (χ1) is 10.1. The van der Waals surface area contributed by atoms with Gasteiger partial charge in [0.2, 0.25) is 5.91 Å². The van der Waals surface area contributed by atoms with Crippen molar-refractivity contribution < 1.29 is 4.79 Å². The Balaban J connectivity index is 2.10. The molecule has 0 radical (unpaired) electrons. The quantitative estimate of drug-likeness (QED) is 0.802. The lowest BCUT2D eigenvalue weighted by molar-refractivity contribution is -0.111. The second-order valence-electron chi connectivity index (χ2n) is 4.84. The minimum Gasteiger partial charge on any atom is -0.322 e. The van der Waals surface area contributed by atoms with E-state index in [2.05, 4.69) is 12.2 Å². The van der Waals surface area contributed by atoms with Gasteiger partial charge in [0.15, 0.2) is 0 Å². The van der Waals surface area contributed by atoms with Crippen molar-refractivity contribution in [1.82, 2.24) is 0 Å². The van der Waals surface area contributed by atoms with Gasteiger partial charge in [-0.25, -0.2) is 0 Å². The minimum atomic E-state index is -0.131. The number of para-hydroxylation sites is 1. The Morgan fingerprint density at radius 1 is 1.19 bits per heavy atom. The highest BCUT2D eigenvalue weighted by atomic mass is 35.5. The van der Waals surface area contributed by atoms with E-state index in [1.54, 1.807) is 18.2 Å². The van der Waals surface area contributed by atoms with Crippen molar-refractivity contribution >= 4 is 29.3 Å². The van der Waals surface area contributed by atoms with Gasteiger partial charge in [0.1, 0.15) is 0 Å². The Kier molecular flexibility index (Phi) is 5.18. The predicted molar refractivity (Wildman–Crippen MR) is 89.7 cm³/mol. The zero-order chi connectivity index (χ0) is 15.2. The van der Waals surface area contributed by atoms with Crippen LogP contribution in [-0.4, -0.2) is 5.91 Å². The number of anilines is 1. The molecule has 1 amide bonds. The number of halogens is 1. The number of rotatable bonds is 4. The Morgan fingerprint density at radius 2 is 1.90 bits per heavy atom. The van der Waals surface area contributed by atoms with Crippen LogP contribution in [-0.2, 0) is 11.2 Å². The topological polar surface area (TPSA) is 29.1 Å². The number of nitrogens with one attached hydrogen (secondary N) is 1. The molecule has 0 aromatic heterocycles. The first-order valence-corrected chi connectivity index (χ1v) is 7.31. The highest BCUT2D eigenvalue weighted by Crippen LogP contribution is 2.21. The summed E-state index contributed by atoms with van der Waals surface area (Å²) in [5.74, 6) is -0.131. The summed E-state index contributed by atoms with van der Waals surface area (Å²) >= 11 is 5.83. The molecule has 2 nitrogen and oxygen atoms in total. The number of carbonyl (C=O) groups is 1. The Morgan fingerprint density at radius 3 is 2.57 bits per heavy atom. The summed E-state index contributed by atoms with van der Waals surface area (Å²) < 4.78 is 0. The molecule has 0 aliphatic rings. The molecule has 0 fully saturated rings. The van der Waals surface area contributed by atoms with Crippen LogP contribution >= 0.6 is 11.6 Å². The molecular formula is C18H18ClNO. The Labute approximate surface area is 130 Å². The number of hydrogen-bond donors (Lipinski definition) is 1. The van der Waals surface area contributed by atoms with E-state index in [0.29, 0.717) is 5.02 Å². The van der Waals surface area contributed by atoms with Crippen LogP contribution in [0.1, 0.15) is 23.6 Å². The third-order valence-corrected chi connectivity index (χ3v) is 3.54. The van der Waals surface area contributed by atoms with E-state index in [0.717, 1.165) is 28.8 Å². The van der Waals surface area contributed by atoms with E-state index < -0.39 is 0 Å². The summed E-state index contributed by atoms with van der Waals surface area (Å²) in [7, 11) is 0. The van der Waals surface area contributed by atoms with Gasteiger partial charge in [-0.05, 0) is 48.2 Å². The highest BCUT2D eigenvalue weighted by Gasteiger charge is 2.06. The Hall–Kier alpha value is -2.06. The first kappa shape index (κ1) is 15.3. The van der Waals surface area contributed by atoms with Crippen molar-refractivity contribution in [2.24, 2.45) is 0 Å². The molecule has 0 unspecified atom stereocenters. The van der Waals surface area contributed by atoms with E-state index >= 15 is 0 Å². The molecule has 108 valence electrons. The summed E-state index contributed by atoms with van der Waals surface area (Å²) in [6.45, 7) is 4.08. The van der Waals surface area contributed by atoms with Gasteiger partial charge in [0.05, 0.1) is 0 Å². The minimum absolute atomic E-state index is 0.131. The highest BCUT2D eigenvalue weighted by molar-refractivity contribution is 6.30. The molecule has 0 heterocycles. The van der Waals surface area contributed by atoms with Gasteiger partial charge in [-0.15, -0.1) is 0 Å². The summed E-state index contributed by atoms with van der Waals surface area (Å²) in [6.07, 6.45) is 4.20. The molecule has 2 aromatic rings. The molecule has 2 aromatic carbocycles. The van der Waals surface area contributed by atoms with Crippen LogP contribution < -0.4 is 5.32 Å². The van der Waals surface area contributed by atoms with E-state index in [-0.39, 0.29) is 5.91 Å². The maximum absolute atomic E-state index is 12.0. The smallest absolute Gasteiger partial charge is 0.248 e. The lowest BCUT2D eigenvalue weighted by Crippen LogP contribution is -2.11. The molecule has 21 heavy (non-hydrogen) atoms. The van der Waals surface area contributed by atoms with Gasteiger partial charge in [-0.1, -0.05) is 48.9 Å². The van der Waals surface area contributed by atoms with E-state index in [9.17, 15) is 4.79 Å². The maximum atomic E-state index is 12.0. The zero-order valence-electron chi connectivity index (χ0n) is 12.2. The van der Waals surface area contributed by atoms with Crippen LogP contribution in [0.15, 0.2) is 48.5 Å². The lowest BCUT2D eigenvalue weighted by Gasteiger charge is -2.11. The van der Waals surface area contributed by atoms with Crippen LogP contribution in [0.2, 0.25) is 5.02 Å².